The number of esters is 1. The molecule has 40 heavy (non-hydrogen) atoms. The van der Waals surface area contributed by atoms with E-state index in [0.29, 0.717) is 33.0 Å². The van der Waals surface area contributed by atoms with Crippen molar-refractivity contribution in [2.45, 2.75) is 59.6 Å². The van der Waals surface area contributed by atoms with Crippen molar-refractivity contribution in [2.24, 2.45) is 5.92 Å². The molecule has 1 aliphatic carbocycles. The number of thiophene rings is 1. The zero-order chi connectivity index (χ0) is 28.8. The van der Waals surface area contributed by atoms with Gasteiger partial charge in [0.05, 0.1) is 17.9 Å². The molecule has 210 valence electrons. The molecular weight excluding hydrogens is 541 g/mol. The maximum absolute atomic E-state index is 14.1. The Morgan fingerprint density at radius 2 is 1.93 bits per heavy atom. The van der Waals surface area contributed by atoms with Gasteiger partial charge in [0.25, 0.3) is 5.91 Å². The minimum absolute atomic E-state index is 0.116. The number of aromatic nitrogens is 3. The van der Waals surface area contributed by atoms with Gasteiger partial charge >= 0.3 is 12.1 Å². The molecule has 4 aromatic rings. The number of nitrogens with one attached hydrogen (secondary N) is 1. The molecule has 1 aliphatic rings. The van der Waals surface area contributed by atoms with Crippen molar-refractivity contribution >= 4 is 33.9 Å². The minimum atomic E-state index is -4.74. The van der Waals surface area contributed by atoms with Crippen molar-refractivity contribution in [3.8, 4) is 11.3 Å². The van der Waals surface area contributed by atoms with E-state index in [0.717, 1.165) is 46.9 Å². The van der Waals surface area contributed by atoms with Crippen LogP contribution in [0.2, 0.25) is 0 Å². The third-order valence-corrected chi connectivity index (χ3v) is 8.57. The Hall–Kier alpha value is -3.73. The van der Waals surface area contributed by atoms with E-state index in [-0.39, 0.29) is 23.6 Å². The first-order valence-electron chi connectivity index (χ1n) is 13.2. The van der Waals surface area contributed by atoms with Gasteiger partial charge in [-0.05, 0) is 74.8 Å². The fourth-order valence-corrected chi connectivity index (χ4v) is 6.36. The molecule has 0 fully saturated rings. The first-order chi connectivity index (χ1) is 19.0. The lowest BCUT2D eigenvalue weighted by molar-refractivity contribution is -0.142. The molecule has 1 N–H and O–H groups in total. The van der Waals surface area contributed by atoms with Crippen LogP contribution in [0.3, 0.4) is 0 Å². The highest BCUT2D eigenvalue weighted by Crippen LogP contribution is 2.41. The van der Waals surface area contributed by atoms with Gasteiger partial charge in [-0.15, -0.1) is 11.3 Å². The number of hydrogen-bond acceptors (Lipinski definition) is 6. The Balaban J connectivity index is 1.54. The van der Waals surface area contributed by atoms with Crippen LogP contribution in [0.1, 0.15) is 74.8 Å². The van der Waals surface area contributed by atoms with Crippen LogP contribution in [-0.2, 0) is 23.8 Å². The third-order valence-electron chi connectivity index (χ3n) is 7.40. The number of benzene rings is 1. The van der Waals surface area contributed by atoms with Crippen molar-refractivity contribution in [1.29, 1.82) is 0 Å². The van der Waals surface area contributed by atoms with Crippen LogP contribution < -0.4 is 5.32 Å². The van der Waals surface area contributed by atoms with E-state index in [9.17, 15) is 22.8 Å². The first kappa shape index (κ1) is 27.8. The summed E-state index contributed by atoms with van der Waals surface area (Å²) >= 11 is 1.31. The topological polar surface area (TPSA) is 85.6 Å². The van der Waals surface area contributed by atoms with Gasteiger partial charge < -0.3 is 10.1 Å². The lowest BCUT2D eigenvalue weighted by atomic mass is 9.85. The average Bonchev–Trinajstić information content (AvgIpc) is 3.50. The third kappa shape index (κ3) is 5.22. The van der Waals surface area contributed by atoms with Crippen molar-refractivity contribution in [1.82, 2.24) is 14.6 Å². The lowest BCUT2D eigenvalue weighted by Gasteiger charge is -2.20. The first-order valence-corrected chi connectivity index (χ1v) is 14.0. The number of nitrogens with zero attached hydrogens (tertiary/aromatic N) is 3. The molecule has 11 heteroatoms. The summed E-state index contributed by atoms with van der Waals surface area (Å²) in [6.07, 6.45) is -1.31. The average molecular weight is 571 g/mol. The van der Waals surface area contributed by atoms with Gasteiger partial charge in [-0.2, -0.15) is 18.3 Å². The van der Waals surface area contributed by atoms with E-state index in [1.807, 2.05) is 19.9 Å². The highest BCUT2D eigenvalue weighted by Gasteiger charge is 2.36. The highest BCUT2D eigenvalue weighted by molar-refractivity contribution is 7.17. The SMILES string of the molecule is CCOC(=O)c1c(NC(=O)c2cc3nc(-c4ccc(C)c(C)c4)cc(C(F)(F)F)n3n2)sc2c1CCC(CC)C2. The second-order valence-electron chi connectivity index (χ2n) is 10.0. The van der Waals surface area contributed by atoms with E-state index in [1.165, 1.54) is 17.4 Å². The smallest absolute Gasteiger partial charge is 0.433 e. The maximum Gasteiger partial charge on any atom is 0.433 e. The second kappa shape index (κ2) is 10.7. The quantitative estimate of drug-likeness (QED) is 0.252. The molecule has 5 rings (SSSR count). The minimum Gasteiger partial charge on any atom is -0.462 e. The molecule has 0 spiro atoms. The highest BCUT2D eigenvalue weighted by atomic mass is 32.1. The Labute approximate surface area is 233 Å². The summed E-state index contributed by atoms with van der Waals surface area (Å²) in [6.45, 7) is 7.79. The number of amides is 1. The Kier molecular flexibility index (Phi) is 7.43. The molecule has 0 saturated heterocycles. The lowest BCUT2D eigenvalue weighted by Crippen LogP contribution is -2.18. The predicted molar refractivity (Wildman–Crippen MR) is 147 cm³/mol. The van der Waals surface area contributed by atoms with E-state index < -0.39 is 23.7 Å². The Bertz CT molecular complexity index is 1620. The van der Waals surface area contributed by atoms with Crippen LogP contribution in [0.4, 0.5) is 18.2 Å². The monoisotopic (exact) mass is 570 g/mol. The fraction of sp³-hybridized carbons (Fsp3) is 0.379. The van der Waals surface area contributed by atoms with Gasteiger partial charge in [0.15, 0.2) is 17.0 Å². The molecule has 1 amide bonds. The molecule has 0 radical (unpaired) electrons. The van der Waals surface area contributed by atoms with Gasteiger partial charge in [-0.1, -0.05) is 25.5 Å². The number of halogens is 3. The summed E-state index contributed by atoms with van der Waals surface area (Å²) in [5.41, 5.74) is 2.35. The summed E-state index contributed by atoms with van der Waals surface area (Å²) in [4.78, 5) is 31.6. The number of carbonyl (C=O) groups is 2. The summed E-state index contributed by atoms with van der Waals surface area (Å²) < 4.78 is 48.1. The van der Waals surface area contributed by atoms with E-state index in [1.54, 1.807) is 19.1 Å². The standard InChI is InChI=1S/C29H29F3N4O3S/c1-5-17-8-10-19-22(12-17)40-27(25(19)28(38)39-6-2)34-26(37)21-14-24-33-20(18-9-7-15(3)16(4)11-18)13-23(29(30,31)32)36(24)35-21/h7,9,11,13-14,17H,5-6,8,10,12H2,1-4H3,(H,34,37). The van der Waals surface area contributed by atoms with Crippen LogP contribution in [0.25, 0.3) is 16.9 Å². The second-order valence-corrected chi connectivity index (χ2v) is 11.1. The molecule has 1 unspecified atom stereocenters. The molecule has 7 nitrogen and oxygen atoms in total. The summed E-state index contributed by atoms with van der Waals surface area (Å²) in [6, 6.07) is 7.46. The molecule has 0 bridgehead atoms. The van der Waals surface area contributed by atoms with Crippen LogP contribution in [0.5, 0.6) is 0 Å². The number of carbonyl (C=O) groups excluding carboxylic acids is 2. The Morgan fingerprint density at radius 3 is 2.60 bits per heavy atom. The van der Waals surface area contributed by atoms with Crippen LogP contribution >= 0.6 is 11.3 Å². The molecule has 3 heterocycles. The van der Waals surface area contributed by atoms with E-state index in [4.69, 9.17) is 4.74 Å². The van der Waals surface area contributed by atoms with Gasteiger partial charge in [0.1, 0.15) is 5.00 Å². The molecular formula is C29H29F3N4O3S. The fourth-order valence-electron chi connectivity index (χ4n) is 5.01. The van der Waals surface area contributed by atoms with Crippen LogP contribution in [0.15, 0.2) is 30.3 Å². The zero-order valence-corrected chi connectivity index (χ0v) is 23.4. The summed E-state index contributed by atoms with van der Waals surface area (Å²) in [7, 11) is 0. The predicted octanol–water partition coefficient (Wildman–Crippen LogP) is 7.04. The molecule has 0 saturated carbocycles. The summed E-state index contributed by atoms with van der Waals surface area (Å²) in [5, 5.41) is 7.02. The normalized spacial score (nSPS) is 15.2. The van der Waals surface area contributed by atoms with Crippen molar-refractivity contribution in [3.05, 3.63) is 68.9 Å². The number of alkyl halides is 3. The van der Waals surface area contributed by atoms with Gasteiger partial charge in [0.2, 0.25) is 0 Å². The largest absolute Gasteiger partial charge is 0.462 e. The number of anilines is 1. The van der Waals surface area contributed by atoms with E-state index >= 15 is 0 Å². The van der Waals surface area contributed by atoms with Crippen molar-refractivity contribution in [2.75, 3.05) is 11.9 Å². The number of aryl methyl sites for hydroxylation is 2. The zero-order valence-electron chi connectivity index (χ0n) is 22.6. The van der Waals surface area contributed by atoms with Crippen molar-refractivity contribution < 1.29 is 27.5 Å². The number of hydrogen-bond donors (Lipinski definition) is 1. The molecule has 0 aliphatic heterocycles. The van der Waals surface area contributed by atoms with Gasteiger partial charge in [-0.25, -0.2) is 14.3 Å². The van der Waals surface area contributed by atoms with Gasteiger partial charge in [0, 0.05) is 16.5 Å². The Morgan fingerprint density at radius 1 is 1.15 bits per heavy atom. The summed E-state index contributed by atoms with van der Waals surface area (Å²) in [5.74, 6) is -0.775. The van der Waals surface area contributed by atoms with Crippen LogP contribution in [0, 0.1) is 19.8 Å². The molecule has 1 aromatic carbocycles. The maximum atomic E-state index is 14.1. The number of ether oxygens (including phenoxy) is 1. The molecule has 3 aromatic heterocycles. The molecule has 1 atom stereocenters. The number of rotatable bonds is 6. The van der Waals surface area contributed by atoms with E-state index in [2.05, 4.69) is 22.3 Å². The van der Waals surface area contributed by atoms with Crippen molar-refractivity contribution in [3.63, 3.8) is 0 Å². The number of fused-ring (bicyclic) bond motifs is 2. The van der Waals surface area contributed by atoms with Crippen LogP contribution in [-0.4, -0.2) is 33.1 Å². The van der Waals surface area contributed by atoms with Gasteiger partial charge in [-0.3, -0.25) is 4.79 Å².